The lowest BCUT2D eigenvalue weighted by atomic mass is 9.83. The Kier molecular flexibility index (Phi) is 6.17. The summed E-state index contributed by atoms with van der Waals surface area (Å²) in [5, 5.41) is 0. The first kappa shape index (κ1) is 23.7. The molecule has 0 amide bonds. The third-order valence-corrected chi connectivity index (χ3v) is 8.57. The number of thiazole rings is 1. The van der Waals surface area contributed by atoms with Gasteiger partial charge in [0.1, 0.15) is 0 Å². The van der Waals surface area contributed by atoms with E-state index in [0.29, 0.717) is 0 Å². The van der Waals surface area contributed by atoms with Crippen LogP contribution in [-0.2, 0) is 6.42 Å². The van der Waals surface area contributed by atoms with Gasteiger partial charge < -0.3 is 4.90 Å². The van der Waals surface area contributed by atoms with E-state index >= 15 is 0 Å². The van der Waals surface area contributed by atoms with Crippen molar-refractivity contribution in [2.45, 2.75) is 39.7 Å². The highest BCUT2D eigenvalue weighted by Crippen LogP contribution is 2.41. The van der Waals surface area contributed by atoms with Crippen LogP contribution in [0.15, 0.2) is 88.2 Å². The SMILES string of the molecule is CCN(CC)c1ccc(C=c2sc3n(c2=O)C(c2ccc(C)cc2)C2=C(N=3)c3ccccc3CC2)cc1. The van der Waals surface area contributed by atoms with Gasteiger partial charge in [0.15, 0.2) is 4.80 Å². The maximum absolute atomic E-state index is 13.9. The quantitative estimate of drug-likeness (QED) is 0.361. The monoisotopic (exact) mass is 505 g/mol. The fourth-order valence-corrected chi connectivity index (χ4v) is 6.59. The highest BCUT2D eigenvalue weighted by molar-refractivity contribution is 7.07. The first-order chi connectivity index (χ1) is 18.1. The number of aromatic nitrogens is 1. The van der Waals surface area contributed by atoms with E-state index in [1.807, 2.05) is 10.6 Å². The van der Waals surface area contributed by atoms with E-state index in [4.69, 9.17) is 4.99 Å². The molecule has 0 N–H and O–H groups in total. The zero-order valence-corrected chi connectivity index (χ0v) is 22.4. The van der Waals surface area contributed by atoms with E-state index in [1.54, 1.807) is 0 Å². The summed E-state index contributed by atoms with van der Waals surface area (Å²) in [7, 11) is 0. The Bertz CT molecular complexity index is 1670. The minimum absolute atomic E-state index is 0.0348. The molecule has 6 rings (SSSR count). The highest BCUT2D eigenvalue weighted by Gasteiger charge is 2.32. The second-order valence-electron chi connectivity index (χ2n) is 9.79. The first-order valence-corrected chi connectivity index (χ1v) is 13.9. The number of anilines is 1. The zero-order chi connectivity index (χ0) is 25.5. The van der Waals surface area contributed by atoms with Gasteiger partial charge in [-0.1, -0.05) is 77.6 Å². The van der Waals surface area contributed by atoms with E-state index in [9.17, 15) is 4.79 Å². The van der Waals surface area contributed by atoms with Gasteiger partial charge in [-0.05, 0) is 74.1 Å². The summed E-state index contributed by atoms with van der Waals surface area (Å²) >= 11 is 1.49. The van der Waals surface area contributed by atoms with Crippen molar-refractivity contribution in [2.24, 2.45) is 4.99 Å². The van der Waals surface area contributed by atoms with Gasteiger partial charge in [-0.25, -0.2) is 4.99 Å². The van der Waals surface area contributed by atoms with Crippen molar-refractivity contribution in [3.63, 3.8) is 0 Å². The largest absolute Gasteiger partial charge is 0.372 e. The smallest absolute Gasteiger partial charge is 0.271 e. The summed E-state index contributed by atoms with van der Waals surface area (Å²) in [6.07, 6.45) is 3.89. The van der Waals surface area contributed by atoms with Crippen LogP contribution in [0.5, 0.6) is 0 Å². The molecule has 0 spiro atoms. The van der Waals surface area contributed by atoms with Gasteiger partial charge in [0.2, 0.25) is 0 Å². The normalized spacial score (nSPS) is 16.6. The van der Waals surface area contributed by atoms with Crippen LogP contribution < -0.4 is 19.8 Å². The Balaban J connectivity index is 1.52. The van der Waals surface area contributed by atoms with Crippen molar-refractivity contribution in [3.8, 4) is 0 Å². The van der Waals surface area contributed by atoms with Crippen LogP contribution >= 0.6 is 11.3 Å². The molecule has 1 aliphatic heterocycles. The molecule has 0 bridgehead atoms. The zero-order valence-electron chi connectivity index (χ0n) is 21.6. The van der Waals surface area contributed by atoms with Gasteiger partial charge in [0.05, 0.1) is 16.3 Å². The molecule has 37 heavy (non-hydrogen) atoms. The Morgan fingerprint density at radius 3 is 2.43 bits per heavy atom. The summed E-state index contributed by atoms with van der Waals surface area (Å²) in [6, 6.07) is 25.5. The van der Waals surface area contributed by atoms with E-state index in [-0.39, 0.29) is 11.6 Å². The van der Waals surface area contributed by atoms with Crippen LogP contribution in [0, 0.1) is 6.92 Å². The maximum Gasteiger partial charge on any atom is 0.271 e. The fourth-order valence-electron chi connectivity index (χ4n) is 5.59. The Morgan fingerprint density at radius 1 is 0.973 bits per heavy atom. The van der Waals surface area contributed by atoms with Crippen molar-refractivity contribution >= 4 is 28.8 Å². The molecule has 2 aliphatic rings. The van der Waals surface area contributed by atoms with Crippen LogP contribution in [0.3, 0.4) is 0 Å². The minimum Gasteiger partial charge on any atom is -0.372 e. The third kappa shape index (κ3) is 4.17. The Labute approximate surface area is 221 Å². The molecule has 0 fully saturated rings. The van der Waals surface area contributed by atoms with Gasteiger partial charge >= 0.3 is 0 Å². The molecule has 1 aromatic heterocycles. The molecule has 1 atom stereocenters. The highest BCUT2D eigenvalue weighted by atomic mass is 32.1. The number of hydrogen-bond donors (Lipinski definition) is 0. The second-order valence-corrected chi connectivity index (χ2v) is 10.8. The lowest BCUT2D eigenvalue weighted by Gasteiger charge is -2.30. The standard InChI is InChI=1S/C32H31N3OS/c1-4-34(5-2)25-17-12-22(13-18-25)20-28-31(36)35-30(24-14-10-21(3)11-15-24)27-19-16-23-8-6-7-9-26(23)29(27)33-32(35)37-28/h6-15,17-18,20,30H,4-5,16,19H2,1-3H3. The average molecular weight is 506 g/mol. The molecule has 186 valence electrons. The number of aryl methyl sites for hydroxylation is 2. The van der Waals surface area contributed by atoms with Crippen molar-refractivity contribution < 1.29 is 0 Å². The summed E-state index contributed by atoms with van der Waals surface area (Å²) in [5.74, 6) is 0. The lowest BCUT2D eigenvalue weighted by Crippen LogP contribution is -2.38. The van der Waals surface area contributed by atoms with Gasteiger partial charge in [-0.15, -0.1) is 0 Å². The molecular formula is C32H31N3OS. The molecule has 0 saturated carbocycles. The van der Waals surface area contributed by atoms with Gasteiger partial charge in [0.25, 0.3) is 5.56 Å². The summed E-state index contributed by atoms with van der Waals surface area (Å²) in [4.78, 5) is 22.1. The molecule has 2 heterocycles. The van der Waals surface area contributed by atoms with Crippen LogP contribution in [0.25, 0.3) is 11.8 Å². The van der Waals surface area contributed by atoms with E-state index < -0.39 is 0 Å². The Hall–Kier alpha value is -3.70. The summed E-state index contributed by atoms with van der Waals surface area (Å²) in [5.41, 5.74) is 9.44. The van der Waals surface area contributed by atoms with Crippen molar-refractivity contribution in [2.75, 3.05) is 18.0 Å². The average Bonchev–Trinajstić information content (AvgIpc) is 3.24. The summed E-state index contributed by atoms with van der Waals surface area (Å²) in [6.45, 7) is 8.38. The number of nitrogens with zero attached hydrogens (tertiary/aromatic N) is 3. The molecule has 5 heteroatoms. The maximum atomic E-state index is 13.9. The van der Waals surface area contributed by atoms with Gasteiger partial charge in [-0.2, -0.15) is 0 Å². The summed E-state index contributed by atoms with van der Waals surface area (Å²) < 4.78 is 2.65. The first-order valence-electron chi connectivity index (χ1n) is 13.1. The molecule has 0 radical (unpaired) electrons. The molecule has 1 aliphatic carbocycles. The predicted molar refractivity (Wildman–Crippen MR) is 154 cm³/mol. The van der Waals surface area contributed by atoms with E-state index in [0.717, 1.165) is 52.1 Å². The van der Waals surface area contributed by atoms with Crippen LogP contribution in [0.1, 0.15) is 54.1 Å². The van der Waals surface area contributed by atoms with Crippen molar-refractivity contribution in [3.05, 3.63) is 126 Å². The van der Waals surface area contributed by atoms with E-state index in [2.05, 4.69) is 98.5 Å². The molecule has 3 aromatic carbocycles. The van der Waals surface area contributed by atoms with Crippen molar-refractivity contribution in [1.29, 1.82) is 0 Å². The third-order valence-electron chi connectivity index (χ3n) is 7.59. The number of benzene rings is 3. The molecular weight excluding hydrogens is 474 g/mol. The van der Waals surface area contributed by atoms with E-state index in [1.165, 1.54) is 39.3 Å². The molecule has 4 nitrogen and oxygen atoms in total. The topological polar surface area (TPSA) is 37.6 Å². The van der Waals surface area contributed by atoms with Crippen molar-refractivity contribution in [1.82, 2.24) is 4.57 Å². The van der Waals surface area contributed by atoms with Crippen LogP contribution in [0.2, 0.25) is 0 Å². The second kappa shape index (κ2) is 9.64. The number of fused-ring (bicyclic) bond motifs is 3. The molecule has 4 aromatic rings. The fraction of sp³-hybridized carbons (Fsp3) is 0.250. The number of hydrogen-bond acceptors (Lipinski definition) is 4. The van der Waals surface area contributed by atoms with Crippen LogP contribution in [-0.4, -0.2) is 17.7 Å². The van der Waals surface area contributed by atoms with Crippen LogP contribution in [0.4, 0.5) is 5.69 Å². The predicted octanol–water partition coefficient (Wildman–Crippen LogP) is 5.47. The lowest BCUT2D eigenvalue weighted by molar-refractivity contribution is 0.585. The number of allylic oxidation sites excluding steroid dienone is 1. The van der Waals surface area contributed by atoms with Gasteiger partial charge in [0, 0.05) is 24.3 Å². The molecule has 0 saturated heterocycles. The molecule has 1 unspecified atom stereocenters. The minimum atomic E-state index is -0.132. The number of rotatable bonds is 5. The Morgan fingerprint density at radius 2 is 1.70 bits per heavy atom. The van der Waals surface area contributed by atoms with Gasteiger partial charge in [-0.3, -0.25) is 9.36 Å².